The van der Waals surface area contributed by atoms with Crippen LogP contribution >= 0.6 is 0 Å². The molecule has 0 aliphatic heterocycles. The van der Waals surface area contributed by atoms with Crippen molar-refractivity contribution in [2.75, 3.05) is 19.0 Å². The second kappa shape index (κ2) is 7.82. The second-order valence-corrected chi connectivity index (χ2v) is 5.37. The van der Waals surface area contributed by atoms with E-state index in [4.69, 9.17) is 9.84 Å². The molecular formula is C17H23NO3. The first-order valence-electron chi connectivity index (χ1n) is 6.99. The normalized spacial score (nSPS) is 10.7. The molecule has 0 spiro atoms. The van der Waals surface area contributed by atoms with Crippen LogP contribution in [-0.2, 0) is 16.0 Å². The van der Waals surface area contributed by atoms with Crippen LogP contribution in [0.15, 0.2) is 18.2 Å². The van der Waals surface area contributed by atoms with E-state index in [1.807, 2.05) is 39.0 Å². The zero-order valence-corrected chi connectivity index (χ0v) is 13.1. The second-order valence-electron chi connectivity index (χ2n) is 5.37. The van der Waals surface area contributed by atoms with Gasteiger partial charge in [0.25, 0.3) is 0 Å². The van der Waals surface area contributed by atoms with Crippen molar-refractivity contribution in [3.05, 3.63) is 29.3 Å². The summed E-state index contributed by atoms with van der Waals surface area (Å²) in [5.74, 6) is 5.40. The van der Waals surface area contributed by atoms with Gasteiger partial charge in [-0.1, -0.05) is 18.8 Å². The molecule has 21 heavy (non-hydrogen) atoms. The maximum Gasteiger partial charge on any atom is 0.227 e. The Bertz CT molecular complexity index is 553. The molecule has 1 aromatic carbocycles. The van der Waals surface area contributed by atoms with Gasteiger partial charge >= 0.3 is 0 Å². The van der Waals surface area contributed by atoms with Crippen LogP contribution in [0, 0.1) is 11.8 Å². The van der Waals surface area contributed by atoms with E-state index in [0.717, 1.165) is 23.2 Å². The van der Waals surface area contributed by atoms with Crippen LogP contribution in [-0.4, -0.2) is 30.3 Å². The quantitative estimate of drug-likeness (QED) is 0.818. The number of rotatable bonds is 5. The smallest absolute Gasteiger partial charge is 0.227 e. The summed E-state index contributed by atoms with van der Waals surface area (Å²) in [4.78, 5) is 12.1. The first-order chi connectivity index (χ1) is 9.91. The fourth-order valence-electron chi connectivity index (χ4n) is 1.88. The summed E-state index contributed by atoms with van der Waals surface area (Å²) in [7, 11) is 1.60. The molecule has 2 N–H and O–H groups in total. The third-order valence-corrected chi connectivity index (χ3v) is 3.21. The number of carbonyl (C=O) groups is 1. The molecule has 4 nitrogen and oxygen atoms in total. The van der Waals surface area contributed by atoms with Crippen molar-refractivity contribution in [1.29, 1.82) is 0 Å². The van der Waals surface area contributed by atoms with Crippen LogP contribution < -0.4 is 5.32 Å². The zero-order valence-electron chi connectivity index (χ0n) is 13.1. The lowest BCUT2D eigenvalue weighted by Gasteiger charge is -2.22. The van der Waals surface area contributed by atoms with Gasteiger partial charge in [0, 0.05) is 18.4 Å². The molecule has 0 fully saturated rings. The molecule has 0 aliphatic rings. The Morgan fingerprint density at radius 3 is 2.71 bits per heavy atom. The van der Waals surface area contributed by atoms with E-state index in [0.29, 0.717) is 6.42 Å². The highest BCUT2D eigenvalue weighted by molar-refractivity contribution is 5.92. The Labute approximate surface area is 126 Å². The Hall–Kier alpha value is -1.83. The average molecular weight is 289 g/mol. The molecule has 114 valence electrons. The van der Waals surface area contributed by atoms with Gasteiger partial charge in [0.1, 0.15) is 6.61 Å². The van der Waals surface area contributed by atoms with Crippen LogP contribution in [0.3, 0.4) is 0 Å². The number of aliphatic hydroxyl groups is 1. The number of anilines is 1. The summed E-state index contributed by atoms with van der Waals surface area (Å²) in [5.41, 5.74) is 2.16. The van der Waals surface area contributed by atoms with Gasteiger partial charge in [-0.05, 0) is 44.0 Å². The molecule has 0 aromatic heterocycles. The number of benzene rings is 1. The van der Waals surface area contributed by atoms with Gasteiger partial charge in [0.2, 0.25) is 5.91 Å². The van der Waals surface area contributed by atoms with Crippen molar-refractivity contribution in [3.63, 3.8) is 0 Å². The molecule has 0 unspecified atom stereocenters. The van der Waals surface area contributed by atoms with E-state index >= 15 is 0 Å². The highest BCUT2D eigenvalue weighted by Crippen LogP contribution is 2.20. The van der Waals surface area contributed by atoms with Crippen molar-refractivity contribution < 1.29 is 14.6 Å². The molecule has 0 heterocycles. The van der Waals surface area contributed by atoms with E-state index < -0.39 is 5.60 Å². The van der Waals surface area contributed by atoms with Crippen molar-refractivity contribution in [3.8, 4) is 11.8 Å². The third-order valence-electron chi connectivity index (χ3n) is 3.21. The minimum Gasteiger partial charge on any atom is -0.384 e. The third kappa shape index (κ3) is 5.58. The van der Waals surface area contributed by atoms with Crippen LogP contribution in [0.1, 0.15) is 38.3 Å². The van der Waals surface area contributed by atoms with Crippen molar-refractivity contribution in [1.82, 2.24) is 0 Å². The molecule has 0 aliphatic carbocycles. The highest BCUT2D eigenvalue weighted by Gasteiger charge is 2.21. The first-order valence-corrected chi connectivity index (χ1v) is 6.99. The van der Waals surface area contributed by atoms with E-state index in [2.05, 4.69) is 17.2 Å². The first kappa shape index (κ1) is 17.2. The number of nitrogens with one attached hydrogen (secondary N) is 1. The average Bonchev–Trinajstić information content (AvgIpc) is 2.45. The van der Waals surface area contributed by atoms with E-state index in [9.17, 15) is 4.79 Å². The van der Waals surface area contributed by atoms with Crippen LogP contribution in [0.5, 0.6) is 0 Å². The molecule has 1 amide bonds. The fourth-order valence-corrected chi connectivity index (χ4v) is 1.88. The zero-order chi connectivity index (χ0) is 15.9. The molecular weight excluding hydrogens is 266 g/mol. The molecule has 0 atom stereocenters. The van der Waals surface area contributed by atoms with Crippen LogP contribution in [0.4, 0.5) is 5.69 Å². The predicted molar refractivity (Wildman–Crippen MR) is 84.1 cm³/mol. The molecule has 0 saturated carbocycles. The number of ether oxygens (including phenoxy) is 1. The SMILES string of the molecule is CCc1cc(C#CCO)ccc1NC(=O)CC(C)(C)OC. The van der Waals surface area contributed by atoms with E-state index in [1.165, 1.54) is 0 Å². The number of carbonyl (C=O) groups excluding carboxylic acids is 1. The molecule has 0 bridgehead atoms. The number of hydrogen-bond acceptors (Lipinski definition) is 3. The summed E-state index contributed by atoms with van der Waals surface area (Å²) >= 11 is 0. The maximum atomic E-state index is 12.1. The highest BCUT2D eigenvalue weighted by atomic mass is 16.5. The molecule has 0 radical (unpaired) electrons. The summed E-state index contributed by atoms with van der Waals surface area (Å²) in [6, 6.07) is 5.61. The number of aliphatic hydroxyl groups excluding tert-OH is 1. The van der Waals surface area contributed by atoms with Gasteiger partial charge in [-0.2, -0.15) is 0 Å². The van der Waals surface area contributed by atoms with E-state index in [1.54, 1.807) is 7.11 Å². The lowest BCUT2D eigenvalue weighted by Crippen LogP contribution is -2.29. The minimum absolute atomic E-state index is 0.0780. The van der Waals surface area contributed by atoms with Crippen LogP contribution in [0.25, 0.3) is 0 Å². The van der Waals surface area contributed by atoms with E-state index in [-0.39, 0.29) is 12.5 Å². The number of methoxy groups -OCH3 is 1. The summed E-state index contributed by atoms with van der Waals surface area (Å²) in [6.07, 6.45) is 1.08. The monoisotopic (exact) mass is 289 g/mol. The van der Waals surface area contributed by atoms with Gasteiger partial charge in [0.15, 0.2) is 0 Å². The van der Waals surface area contributed by atoms with Gasteiger partial charge in [-0.15, -0.1) is 0 Å². The van der Waals surface area contributed by atoms with Gasteiger partial charge in [-0.25, -0.2) is 0 Å². The van der Waals surface area contributed by atoms with Gasteiger partial charge in [-0.3, -0.25) is 4.79 Å². The number of hydrogen-bond donors (Lipinski definition) is 2. The van der Waals surface area contributed by atoms with Crippen molar-refractivity contribution in [2.45, 2.75) is 39.2 Å². The number of amides is 1. The summed E-state index contributed by atoms with van der Waals surface area (Å²) < 4.78 is 5.26. The lowest BCUT2D eigenvalue weighted by atomic mass is 10.0. The Balaban J connectivity index is 2.86. The lowest BCUT2D eigenvalue weighted by molar-refractivity contribution is -0.121. The Morgan fingerprint density at radius 1 is 1.43 bits per heavy atom. The van der Waals surface area contributed by atoms with Crippen LogP contribution in [0.2, 0.25) is 0 Å². The summed E-state index contributed by atoms with van der Waals surface area (Å²) in [5, 5.41) is 11.6. The van der Waals surface area contributed by atoms with Gasteiger partial charge in [0.05, 0.1) is 12.0 Å². The largest absolute Gasteiger partial charge is 0.384 e. The Kier molecular flexibility index (Phi) is 6.41. The number of aryl methyl sites for hydroxylation is 1. The van der Waals surface area contributed by atoms with Crippen molar-refractivity contribution in [2.24, 2.45) is 0 Å². The minimum atomic E-state index is -0.483. The van der Waals surface area contributed by atoms with Gasteiger partial charge < -0.3 is 15.2 Å². The topological polar surface area (TPSA) is 58.6 Å². The fraction of sp³-hybridized carbons (Fsp3) is 0.471. The summed E-state index contributed by atoms with van der Waals surface area (Å²) in [6.45, 7) is 5.61. The standard InChI is InChI=1S/C17H23NO3/c1-5-14-11-13(7-6-10-19)8-9-15(14)18-16(20)12-17(2,3)21-4/h8-9,11,19H,5,10,12H2,1-4H3,(H,18,20). The molecule has 0 saturated heterocycles. The molecule has 1 rings (SSSR count). The predicted octanol–water partition coefficient (Wildman–Crippen LogP) is 2.35. The Morgan fingerprint density at radius 2 is 2.14 bits per heavy atom. The molecule has 4 heteroatoms. The van der Waals surface area contributed by atoms with Crippen molar-refractivity contribution >= 4 is 11.6 Å². The molecule has 1 aromatic rings. The maximum absolute atomic E-state index is 12.1.